The molecule has 38 heteroatoms. The molecule has 16 atom stereocenters. The van der Waals surface area contributed by atoms with Gasteiger partial charge in [0, 0.05) is 87.5 Å². The molecule has 16 saturated heterocycles. The lowest BCUT2D eigenvalue weighted by Crippen LogP contribution is -2.76. The Balaban J connectivity index is 0.000000146. The van der Waals surface area contributed by atoms with Crippen molar-refractivity contribution in [2.24, 2.45) is 0 Å². The van der Waals surface area contributed by atoms with Gasteiger partial charge < -0.3 is 29.4 Å². The summed E-state index contributed by atoms with van der Waals surface area (Å²) in [6, 6.07) is 56.4. The van der Waals surface area contributed by atoms with E-state index < -0.39 is 123 Å². The number of para-hydroxylation sites is 4. The molecule has 7 aromatic carbocycles. The molecule has 0 saturated carbocycles. The molecule has 19 heterocycles. The van der Waals surface area contributed by atoms with Gasteiger partial charge in [-0.05, 0) is 123 Å². The van der Waals surface area contributed by atoms with E-state index in [4.69, 9.17) is 32.9 Å². The first kappa shape index (κ1) is 79.6. The van der Waals surface area contributed by atoms with E-state index in [0.717, 1.165) is 51.6 Å². The molecule has 25 nitrogen and oxygen atoms in total. The van der Waals surface area contributed by atoms with Gasteiger partial charge in [0.2, 0.25) is 0 Å². The first-order valence-corrected chi connectivity index (χ1v) is 50.3. The summed E-state index contributed by atoms with van der Waals surface area (Å²) in [5.41, 5.74) is 1.73. The highest BCUT2D eigenvalue weighted by Gasteiger charge is 2.90. The fourth-order valence-corrected chi connectivity index (χ4v) is 41.5. The smallest absolute Gasteiger partial charge is 0.320 e. The van der Waals surface area contributed by atoms with Crippen molar-refractivity contribution in [1.82, 2.24) is 39.2 Å². The van der Waals surface area contributed by atoms with Gasteiger partial charge in [-0.25, -0.2) is 25.4 Å². The first-order chi connectivity index (χ1) is 57.0. The Morgan fingerprint density at radius 1 is 0.375 bits per heavy atom. The minimum atomic E-state index is -4.46. The number of hydrogen-bond acceptors (Lipinski definition) is 25. The van der Waals surface area contributed by atoms with E-state index in [1.807, 2.05) is 95.9 Å². The monoisotopic (exact) mass is 1850 g/mol. The van der Waals surface area contributed by atoms with Crippen LogP contribution in [0.3, 0.4) is 0 Å². The molecule has 4 spiro atoms. The summed E-state index contributed by atoms with van der Waals surface area (Å²) in [5.74, 6) is -2.22. The van der Waals surface area contributed by atoms with Crippen LogP contribution in [0.1, 0.15) is 87.6 Å². The van der Waals surface area contributed by atoms with Crippen molar-refractivity contribution in [2.75, 3.05) is 41.7 Å². The number of carbonyl (C=O) groups excluding carboxylic acids is 8. The van der Waals surface area contributed by atoms with E-state index in [2.05, 4.69) is 17.0 Å². The van der Waals surface area contributed by atoms with Gasteiger partial charge in [0.25, 0.3) is 67.3 Å². The number of hydrogen-bond donors (Lipinski definition) is 0. The maximum absolute atomic E-state index is 15.7. The van der Waals surface area contributed by atoms with Gasteiger partial charge in [-0.1, -0.05) is 248 Å². The number of amides is 8. The van der Waals surface area contributed by atoms with Crippen molar-refractivity contribution in [2.45, 2.75) is 161 Å². The summed E-state index contributed by atoms with van der Waals surface area (Å²) in [7, 11) is 3.29. The maximum Gasteiger partial charge on any atom is 0.335 e. The second kappa shape index (κ2) is 25.6. The Morgan fingerprint density at radius 2 is 0.733 bits per heavy atom. The number of thiocarbonyl (C=S) groups is 2. The molecular weight excluding hydrogens is 1780 g/mol. The number of benzene rings is 7. The van der Waals surface area contributed by atoms with Crippen LogP contribution in [-0.2, 0) is 98.1 Å². The average molecular weight is 1850 g/mol. The molecule has 0 N–H and O–H groups in total. The molecule has 8 amide bonds. The van der Waals surface area contributed by atoms with Crippen molar-refractivity contribution >= 4 is 223 Å². The standard InChI is InChI=1S/C45H38N6O6S7.C37H33N5O6S5.O2S/c1-40-34(52)49-32-42(24-44(49,36(54)46(40)3)62-38(58)60-40,28-19-11-13-21-30(28)48(32)26-15-7-5-8-16-26)23-43-25-45-37(55)47(4)41(2,61-39(59)63-45)35(53)50(45)33(43)51(31-22-14-12-20-29(31)43)64(56,57)27-17-9-6-10-18-27;1-32-28(43)40-26-18-21-12-8-9-15-23(21)34(26,19-36(40,51-49-32)30(45)38(32)3)35-20-37-31(46)39(4)33(2,50-52-37)29(44)41(37)27(35)42(25-17-11-10-16-24(25)35)53(47,48)22-13-6-5-7-14-22;1-3-2/h5-22,32-33H,23-25H2,1-4H3;5-17,26-27H,18-20H2,1-4H3;. The molecule has 0 radical (unpaired) electrons. The van der Waals surface area contributed by atoms with Gasteiger partial charge in [0.05, 0.1) is 26.6 Å². The third kappa shape index (κ3) is 9.08. The fourth-order valence-electron chi connectivity index (χ4n) is 23.5. The number of piperazine rings is 4. The fraction of sp³-hybridized carbons (Fsp3) is 0.366. The Kier molecular flexibility index (Phi) is 17.0. The number of sulfonamides is 2. The molecule has 120 heavy (non-hydrogen) atoms. The zero-order valence-corrected chi connectivity index (χ0v) is 75.5. The van der Waals surface area contributed by atoms with Gasteiger partial charge in [-0.2, -0.15) is 8.42 Å². The summed E-state index contributed by atoms with van der Waals surface area (Å²) >= 11 is 16.0. The van der Waals surface area contributed by atoms with E-state index in [1.165, 1.54) is 90.0 Å². The summed E-state index contributed by atoms with van der Waals surface area (Å²) in [4.78, 5) is 126. The maximum atomic E-state index is 15.7. The second-order valence-electron chi connectivity index (χ2n) is 33.7. The van der Waals surface area contributed by atoms with Crippen molar-refractivity contribution in [3.8, 4) is 0 Å². The molecule has 16 fully saturated rings. The third-order valence-corrected chi connectivity index (χ3v) is 45.8. The number of carbonyl (C=O) groups is 8. The number of fused-ring (bicyclic) bond motifs is 23. The van der Waals surface area contributed by atoms with E-state index in [-0.39, 0.29) is 83.2 Å². The Labute approximate surface area is 738 Å². The summed E-state index contributed by atoms with van der Waals surface area (Å²) in [6.07, 6.45) is -2.36. The predicted molar refractivity (Wildman–Crippen MR) is 473 cm³/mol. The van der Waals surface area contributed by atoms with Crippen LogP contribution in [0.5, 0.6) is 0 Å². The minimum Gasteiger partial charge on any atom is -0.320 e. The van der Waals surface area contributed by atoms with Crippen LogP contribution in [-0.4, -0.2) is 210 Å². The average Bonchev–Trinajstić information content (AvgIpc) is 1.44. The second-order valence-corrected chi connectivity index (χ2v) is 50.8. The predicted octanol–water partition coefficient (Wildman–Crippen LogP) is 10.7. The van der Waals surface area contributed by atoms with E-state index in [0.29, 0.717) is 36.0 Å². The lowest BCUT2D eigenvalue weighted by Gasteiger charge is -2.58. The molecule has 1 aliphatic carbocycles. The number of anilines is 4. The lowest BCUT2D eigenvalue weighted by atomic mass is 9.53. The van der Waals surface area contributed by atoms with Crippen LogP contribution in [0.25, 0.3) is 0 Å². The van der Waals surface area contributed by atoms with E-state index in [1.54, 1.807) is 160 Å². The Morgan fingerprint density at radius 3 is 1.25 bits per heavy atom. The van der Waals surface area contributed by atoms with E-state index in [9.17, 15) is 14.4 Å². The highest BCUT2D eigenvalue weighted by Crippen LogP contribution is 2.81. The van der Waals surface area contributed by atoms with Crippen molar-refractivity contribution in [1.29, 1.82) is 0 Å². The number of likely N-dealkylation sites (N-methyl/N-ethyl adjacent to an activating group) is 4. The minimum absolute atomic E-state index is 0.00522. The quantitative estimate of drug-likeness (QED) is 0.101. The van der Waals surface area contributed by atoms with Gasteiger partial charge in [-0.3, -0.25) is 53.1 Å². The number of nitrogens with zero attached hydrogens (tertiary/aromatic N) is 11. The van der Waals surface area contributed by atoms with E-state index >= 15 is 40.8 Å². The number of thioether (sulfide) groups is 4. The molecule has 616 valence electrons. The summed E-state index contributed by atoms with van der Waals surface area (Å²) in [5, 5.41) is 0. The molecule has 0 aromatic heterocycles. The highest BCUT2D eigenvalue weighted by atomic mass is 33.1. The molecule has 16 unspecified atom stereocenters. The highest BCUT2D eigenvalue weighted by molar-refractivity contribution is 8.78. The van der Waals surface area contributed by atoms with Gasteiger partial charge >= 0.3 is 11.6 Å². The van der Waals surface area contributed by atoms with Crippen LogP contribution in [0.15, 0.2) is 198 Å². The van der Waals surface area contributed by atoms with Crippen LogP contribution in [0.2, 0.25) is 0 Å². The topological polar surface area (TPSA) is 275 Å². The SMILES string of the molecule is CN1C(=O)C23CC4(C56CC78SSC(C)(C(=O)N7C5N(S(=O)(=O)c5ccccc5)c5ccccc56)N(C)C8=O)c5ccccc5CC4N2C(=O)C1(C)SS3.CN1C(=O)C23CC4(CC56CC78SC(=S)SC(C)(C(=O)N7C5N(S(=O)(=O)c5ccccc5)c5ccccc56)N(C)C8=O)c5ccccc5N(c5ccccc5)C4N2C(=O)C1(C)SC(=S)S3.O=S=O. The van der Waals surface area contributed by atoms with Crippen molar-refractivity contribution in [3.05, 3.63) is 216 Å². The summed E-state index contributed by atoms with van der Waals surface area (Å²) in [6.45, 7) is 6.96. The number of rotatable bonds is 8. The van der Waals surface area contributed by atoms with Crippen LogP contribution < -0.4 is 13.5 Å². The third-order valence-electron chi connectivity index (χ3n) is 28.7. The van der Waals surface area contributed by atoms with Crippen molar-refractivity contribution < 1.29 is 63.6 Å². The molecule has 7 aromatic rings. The van der Waals surface area contributed by atoms with Crippen LogP contribution in [0, 0.1) is 0 Å². The molecule has 27 rings (SSSR count). The van der Waals surface area contributed by atoms with Gasteiger partial charge in [0.15, 0.2) is 39.0 Å². The first-order valence-electron chi connectivity index (χ1n) is 38.4. The largest absolute Gasteiger partial charge is 0.335 e. The molecule has 8 bridgehead atoms. The van der Waals surface area contributed by atoms with Crippen molar-refractivity contribution in [3.63, 3.8) is 0 Å². The molecular formula is C82H71N11O14S13. The lowest BCUT2D eigenvalue weighted by molar-refractivity contribution is -0.164. The Bertz CT molecular complexity index is 6230. The molecule has 19 aliphatic heterocycles. The summed E-state index contributed by atoms with van der Waals surface area (Å²) < 4.78 is 82.2. The normalized spacial score (nSPS) is 36.9. The Hall–Kier alpha value is -7.60. The van der Waals surface area contributed by atoms with Crippen LogP contribution >= 0.6 is 115 Å². The molecule has 20 aliphatic rings. The van der Waals surface area contributed by atoms with Gasteiger partial charge in [-0.15, -0.1) is 0 Å². The zero-order chi connectivity index (χ0) is 84.3. The van der Waals surface area contributed by atoms with Crippen LogP contribution in [0.4, 0.5) is 22.7 Å². The van der Waals surface area contributed by atoms with Gasteiger partial charge in [0.1, 0.15) is 25.6 Å². The zero-order valence-electron chi connectivity index (χ0n) is 64.9.